The summed E-state index contributed by atoms with van der Waals surface area (Å²) in [5.74, 6) is -0.766. The molecule has 1 aliphatic rings. The van der Waals surface area contributed by atoms with Crippen LogP contribution in [-0.4, -0.2) is 73.0 Å². The van der Waals surface area contributed by atoms with Crippen LogP contribution in [0.2, 0.25) is 0 Å². The second-order valence-corrected chi connectivity index (χ2v) is 13.0. The molecule has 7 heteroatoms. The SMILES string of the molecule is CN(C(=O)C=CCC(C)(C)C)[C@H](Cc1cccc2ccccc12)C(=O)N(C)[C@H](Cc1ccccc1)C(=O)NCC1CCCO1. The van der Waals surface area contributed by atoms with Crippen LogP contribution in [0.3, 0.4) is 0 Å². The molecule has 1 unspecified atom stereocenters. The van der Waals surface area contributed by atoms with E-state index in [1.165, 1.54) is 9.80 Å². The number of rotatable bonds is 12. The molecule has 234 valence electrons. The van der Waals surface area contributed by atoms with Crippen molar-refractivity contribution in [1.29, 1.82) is 0 Å². The first-order valence-corrected chi connectivity index (χ1v) is 15.6. The molecule has 1 saturated heterocycles. The molecule has 4 rings (SSSR count). The Bertz CT molecular complexity index is 1430. The molecule has 3 atom stereocenters. The molecule has 0 bridgehead atoms. The fourth-order valence-corrected chi connectivity index (χ4v) is 5.62. The normalized spacial score (nSPS) is 16.5. The number of carbonyl (C=O) groups excluding carboxylic acids is 3. The highest BCUT2D eigenvalue weighted by Gasteiger charge is 2.35. The van der Waals surface area contributed by atoms with Crippen LogP contribution in [0.15, 0.2) is 84.9 Å². The summed E-state index contributed by atoms with van der Waals surface area (Å²) in [5, 5.41) is 5.14. The molecule has 1 N–H and O–H groups in total. The Morgan fingerprint density at radius 3 is 2.32 bits per heavy atom. The smallest absolute Gasteiger partial charge is 0.246 e. The molecule has 0 radical (unpaired) electrons. The van der Waals surface area contributed by atoms with Gasteiger partial charge in [0.2, 0.25) is 17.7 Å². The predicted octanol–water partition coefficient (Wildman–Crippen LogP) is 5.57. The quantitative estimate of drug-likeness (QED) is 0.277. The highest BCUT2D eigenvalue weighted by Crippen LogP contribution is 2.23. The van der Waals surface area contributed by atoms with E-state index in [2.05, 4.69) is 26.1 Å². The zero-order valence-corrected chi connectivity index (χ0v) is 26.8. The second kappa shape index (κ2) is 15.2. The lowest BCUT2D eigenvalue weighted by molar-refractivity contribution is -0.146. The zero-order valence-electron chi connectivity index (χ0n) is 26.8. The van der Waals surface area contributed by atoms with Crippen molar-refractivity contribution in [1.82, 2.24) is 15.1 Å². The average Bonchev–Trinajstić information content (AvgIpc) is 3.54. The van der Waals surface area contributed by atoms with Gasteiger partial charge in [-0.2, -0.15) is 0 Å². The number of nitrogens with one attached hydrogen (secondary N) is 1. The van der Waals surface area contributed by atoms with Gasteiger partial charge in [0.15, 0.2) is 0 Å². The Morgan fingerprint density at radius 2 is 1.61 bits per heavy atom. The Balaban J connectivity index is 1.64. The van der Waals surface area contributed by atoms with E-state index in [0.29, 0.717) is 26.0 Å². The number of nitrogens with zero attached hydrogens (tertiary/aromatic N) is 2. The van der Waals surface area contributed by atoms with Gasteiger partial charge in [0, 0.05) is 40.1 Å². The summed E-state index contributed by atoms with van der Waals surface area (Å²) in [6.45, 7) is 7.45. The molecule has 44 heavy (non-hydrogen) atoms. The van der Waals surface area contributed by atoms with Gasteiger partial charge >= 0.3 is 0 Å². The monoisotopic (exact) mass is 597 g/mol. The topological polar surface area (TPSA) is 79.0 Å². The van der Waals surface area contributed by atoms with Crippen molar-refractivity contribution in [2.75, 3.05) is 27.2 Å². The fourth-order valence-electron chi connectivity index (χ4n) is 5.62. The zero-order chi connectivity index (χ0) is 31.7. The molecule has 0 spiro atoms. The molecule has 0 saturated carbocycles. The van der Waals surface area contributed by atoms with Gasteiger partial charge in [-0.25, -0.2) is 0 Å². The summed E-state index contributed by atoms with van der Waals surface area (Å²) in [7, 11) is 3.35. The minimum absolute atomic E-state index is 0.0138. The van der Waals surface area contributed by atoms with Crippen LogP contribution in [0.1, 0.15) is 51.2 Å². The van der Waals surface area contributed by atoms with E-state index in [1.54, 1.807) is 20.2 Å². The summed E-state index contributed by atoms with van der Waals surface area (Å²) in [6, 6.07) is 22.2. The van der Waals surface area contributed by atoms with E-state index in [-0.39, 0.29) is 29.2 Å². The van der Waals surface area contributed by atoms with Crippen LogP contribution in [0.5, 0.6) is 0 Å². The molecular formula is C37H47N3O4. The van der Waals surface area contributed by atoms with Gasteiger partial charge in [-0.3, -0.25) is 14.4 Å². The van der Waals surface area contributed by atoms with Crippen molar-refractivity contribution in [2.45, 2.75) is 71.1 Å². The van der Waals surface area contributed by atoms with Gasteiger partial charge in [-0.1, -0.05) is 99.6 Å². The summed E-state index contributed by atoms with van der Waals surface area (Å²) >= 11 is 0. The minimum Gasteiger partial charge on any atom is -0.376 e. The first kappa shape index (κ1) is 32.9. The van der Waals surface area contributed by atoms with Crippen molar-refractivity contribution in [3.05, 3.63) is 96.1 Å². The largest absolute Gasteiger partial charge is 0.376 e. The van der Waals surface area contributed by atoms with Gasteiger partial charge in [0.05, 0.1) is 6.10 Å². The van der Waals surface area contributed by atoms with Gasteiger partial charge in [0.25, 0.3) is 0 Å². The Morgan fingerprint density at radius 1 is 0.909 bits per heavy atom. The molecule has 0 aliphatic carbocycles. The van der Waals surface area contributed by atoms with Gasteiger partial charge in [-0.15, -0.1) is 0 Å². The standard InChI is InChI=1S/C37H47N3O4/c1-37(2,3)22-12-21-34(41)39(4)33(25-29-18-11-17-28-16-9-10-20-31(28)29)36(43)40(5)32(24-27-14-7-6-8-15-27)35(42)38-26-30-19-13-23-44-30/h6-12,14-18,20-21,30,32-33H,13,19,22-26H2,1-5H3,(H,38,42)/t30?,32-,33-/m1/s1. The first-order valence-electron chi connectivity index (χ1n) is 15.6. The number of amides is 3. The first-order chi connectivity index (χ1) is 21.0. The van der Waals surface area contributed by atoms with E-state index in [0.717, 1.165) is 41.2 Å². The number of carbonyl (C=O) groups is 3. The van der Waals surface area contributed by atoms with E-state index < -0.39 is 12.1 Å². The lowest BCUT2D eigenvalue weighted by Crippen LogP contribution is -2.56. The minimum atomic E-state index is -0.818. The Hall–Kier alpha value is -3.97. The molecular weight excluding hydrogens is 550 g/mol. The van der Waals surface area contributed by atoms with Crippen LogP contribution < -0.4 is 5.32 Å². The molecule has 3 amide bonds. The second-order valence-electron chi connectivity index (χ2n) is 13.0. The third kappa shape index (κ3) is 9.02. The van der Waals surface area contributed by atoms with Crippen LogP contribution in [-0.2, 0) is 32.0 Å². The van der Waals surface area contributed by atoms with Crippen LogP contribution in [0.4, 0.5) is 0 Å². The number of allylic oxidation sites excluding steroid dienone is 1. The number of ether oxygens (including phenoxy) is 1. The fraction of sp³-hybridized carbons (Fsp3) is 0.432. The lowest BCUT2D eigenvalue weighted by atomic mass is 9.92. The molecule has 0 aromatic heterocycles. The molecule has 3 aromatic carbocycles. The van der Waals surface area contributed by atoms with Crippen LogP contribution in [0.25, 0.3) is 10.8 Å². The Labute approximate surface area is 262 Å². The van der Waals surface area contributed by atoms with Crippen molar-refractivity contribution < 1.29 is 19.1 Å². The van der Waals surface area contributed by atoms with E-state index in [9.17, 15) is 14.4 Å². The third-order valence-electron chi connectivity index (χ3n) is 8.30. The molecule has 1 aliphatic heterocycles. The average molecular weight is 598 g/mol. The van der Waals surface area contributed by atoms with E-state index in [4.69, 9.17) is 4.74 Å². The maximum absolute atomic E-state index is 14.5. The van der Waals surface area contributed by atoms with Crippen molar-refractivity contribution in [2.24, 2.45) is 5.41 Å². The van der Waals surface area contributed by atoms with E-state index in [1.807, 2.05) is 78.9 Å². The number of benzene rings is 3. The lowest BCUT2D eigenvalue weighted by Gasteiger charge is -2.34. The predicted molar refractivity (Wildman–Crippen MR) is 176 cm³/mol. The summed E-state index contributed by atoms with van der Waals surface area (Å²) < 4.78 is 5.71. The number of likely N-dealkylation sites (N-methyl/N-ethyl adjacent to an activating group) is 2. The van der Waals surface area contributed by atoms with Crippen molar-refractivity contribution in [3.8, 4) is 0 Å². The molecule has 1 fully saturated rings. The van der Waals surface area contributed by atoms with Gasteiger partial charge in [-0.05, 0) is 52.7 Å². The van der Waals surface area contributed by atoms with Crippen LogP contribution in [0, 0.1) is 5.41 Å². The molecule has 7 nitrogen and oxygen atoms in total. The molecule has 3 aromatic rings. The van der Waals surface area contributed by atoms with Gasteiger partial charge in [0.1, 0.15) is 12.1 Å². The van der Waals surface area contributed by atoms with E-state index >= 15 is 0 Å². The third-order valence-corrected chi connectivity index (χ3v) is 8.30. The highest BCUT2D eigenvalue weighted by molar-refractivity contribution is 5.95. The maximum atomic E-state index is 14.5. The summed E-state index contributed by atoms with van der Waals surface area (Å²) in [6.07, 6.45) is 6.70. The molecule has 1 heterocycles. The number of fused-ring (bicyclic) bond motifs is 1. The van der Waals surface area contributed by atoms with Crippen molar-refractivity contribution >= 4 is 28.5 Å². The van der Waals surface area contributed by atoms with Crippen LogP contribution >= 0.6 is 0 Å². The van der Waals surface area contributed by atoms with Crippen molar-refractivity contribution in [3.63, 3.8) is 0 Å². The summed E-state index contributed by atoms with van der Waals surface area (Å²) in [4.78, 5) is 44.7. The summed E-state index contributed by atoms with van der Waals surface area (Å²) in [5.41, 5.74) is 1.95. The maximum Gasteiger partial charge on any atom is 0.246 e. The van der Waals surface area contributed by atoms with Gasteiger partial charge < -0.3 is 19.9 Å². The highest BCUT2D eigenvalue weighted by atomic mass is 16.5. The number of hydrogen-bond acceptors (Lipinski definition) is 4. The number of hydrogen-bond donors (Lipinski definition) is 1. The Kier molecular flexibility index (Phi) is 11.3.